The number of ether oxygens (including phenoxy) is 1. The van der Waals surface area contributed by atoms with E-state index >= 15 is 0 Å². The second-order valence-electron chi connectivity index (χ2n) is 4.59. The van der Waals surface area contributed by atoms with E-state index in [-0.39, 0.29) is 17.6 Å². The second-order valence-corrected chi connectivity index (χ2v) is 4.59. The fraction of sp³-hybridized carbons (Fsp3) is 1.00. The van der Waals surface area contributed by atoms with Gasteiger partial charge in [0.1, 0.15) is 0 Å². The highest BCUT2D eigenvalue weighted by atomic mass is 16.5. The summed E-state index contributed by atoms with van der Waals surface area (Å²) in [7, 11) is 0. The van der Waals surface area contributed by atoms with Gasteiger partial charge in [-0.25, -0.2) is 0 Å². The van der Waals surface area contributed by atoms with Gasteiger partial charge < -0.3 is 15.6 Å². The summed E-state index contributed by atoms with van der Waals surface area (Å²) < 4.78 is 5.33. The molecule has 0 bridgehead atoms. The minimum atomic E-state index is -0.223. The summed E-state index contributed by atoms with van der Waals surface area (Å²) in [5.74, 6) is 0. The molecule has 0 aromatic carbocycles. The van der Waals surface area contributed by atoms with Crippen LogP contribution in [0.5, 0.6) is 0 Å². The molecule has 0 spiro atoms. The quantitative estimate of drug-likeness (QED) is 0.690. The Kier molecular flexibility index (Phi) is 3.33. The molecule has 13 heavy (non-hydrogen) atoms. The third-order valence-electron chi connectivity index (χ3n) is 3.41. The number of hydrogen-bond acceptors (Lipinski definition) is 3. The third kappa shape index (κ3) is 2.22. The predicted octanol–water partition coefficient (Wildman–Crippen LogP) is 0.903. The molecular weight excluding hydrogens is 166 g/mol. The van der Waals surface area contributed by atoms with E-state index in [1.807, 2.05) is 13.8 Å². The van der Waals surface area contributed by atoms with Crippen LogP contribution in [0.1, 0.15) is 33.1 Å². The molecule has 0 amide bonds. The van der Waals surface area contributed by atoms with Gasteiger partial charge in [0.2, 0.25) is 0 Å². The van der Waals surface area contributed by atoms with Gasteiger partial charge in [-0.2, -0.15) is 0 Å². The first-order chi connectivity index (χ1) is 6.02. The fourth-order valence-corrected chi connectivity index (χ4v) is 2.19. The van der Waals surface area contributed by atoms with Crippen LogP contribution in [0.2, 0.25) is 0 Å². The first-order valence-electron chi connectivity index (χ1n) is 4.99. The zero-order chi connectivity index (χ0) is 9.95. The van der Waals surface area contributed by atoms with Crippen LogP contribution in [-0.4, -0.2) is 30.5 Å². The molecule has 1 aliphatic rings. The number of aliphatic hydroxyl groups is 1. The lowest BCUT2D eigenvalue weighted by Crippen LogP contribution is -2.53. The monoisotopic (exact) mass is 187 g/mol. The molecule has 3 nitrogen and oxygen atoms in total. The maximum absolute atomic E-state index is 9.05. The number of hydrogen-bond donors (Lipinski definition) is 2. The van der Waals surface area contributed by atoms with E-state index in [0.29, 0.717) is 0 Å². The minimum Gasteiger partial charge on any atom is -0.396 e. The lowest BCUT2D eigenvalue weighted by Gasteiger charge is -2.47. The topological polar surface area (TPSA) is 55.5 Å². The maximum atomic E-state index is 9.05. The van der Waals surface area contributed by atoms with Crippen LogP contribution >= 0.6 is 0 Å². The molecule has 3 heteroatoms. The first-order valence-corrected chi connectivity index (χ1v) is 4.99. The normalized spacial score (nSPS) is 23.1. The first kappa shape index (κ1) is 11.0. The van der Waals surface area contributed by atoms with Gasteiger partial charge in [0.15, 0.2) is 0 Å². The zero-order valence-corrected chi connectivity index (χ0v) is 8.68. The van der Waals surface area contributed by atoms with Crippen LogP contribution in [0.3, 0.4) is 0 Å². The molecule has 0 aliphatic carbocycles. The molecule has 1 aliphatic heterocycles. The van der Waals surface area contributed by atoms with E-state index in [9.17, 15) is 0 Å². The van der Waals surface area contributed by atoms with E-state index in [2.05, 4.69) is 0 Å². The molecule has 1 rings (SSSR count). The van der Waals surface area contributed by atoms with Gasteiger partial charge in [0.25, 0.3) is 0 Å². The average molecular weight is 187 g/mol. The molecule has 78 valence electrons. The highest BCUT2D eigenvalue weighted by Crippen LogP contribution is 2.42. The number of rotatable bonds is 3. The largest absolute Gasteiger partial charge is 0.396 e. The summed E-state index contributed by atoms with van der Waals surface area (Å²) >= 11 is 0. The van der Waals surface area contributed by atoms with Crippen molar-refractivity contribution in [2.75, 3.05) is 19.8 Å². The lowest BCUT2D eigenvalue weighted by molar-refractivity contribution is -0.0336. The molecule has 1 saturated heterocycles. The molecule has 0 aromatic heterocycles. The van der Waals surface area contributed by atoms with Crippen molar-refractivity contribution >= 4 is 0 Å². The highest BCUT2D eigenvalue weighted by Gasteiger charge is 2.42. The lowest BCUT2D eigenvalue weighted by atomic mass is 9.65. The van der Waals surface area contributed by atoms with Gasteiger partial charge in [0, 0.05) is 25.4 Å². The molecule has 0 unspecified atom stereocenters. The maximum Gasteiger partial charge on any atom is 0.0472 e. The van der Waals surface area contributed by atoms with E-state index in [4.69, 9.17) is 15.6 Å². The van der Waals surface area contributed by atoms with Crippen molar-refractivity contribution < 1.29 is 9.84 Å². The molecule has 3 N–H and O–H groups in total. The summed E-state index contributed by atoms with van der Waals surface area (Å²) in [6, 6.07) is 0. The van der Waals surface area contributed by atoms with Gasteiger partial charge >= 0.3 is 0 Å². The minimum absolute atomic E-state index is 0.0694. The van der Waals surface area contributed by atoms with E-state index in [1.54, 1.807) is 0 Å². The zero-order valence-electron chi connectivity index (χ0n) is 8.68. The molecule has 1 heterocycles. The Morgan fingerprint density at radius 3 is 2.31 bits per heavy atom. The van der Waals surface area contributed by atoms with Crippen LogP contribution in [-0.2, 0) is 4.74 Å². The Morgan fingerprint density at radius 2 is 1.92 bits per heavy atom. The second kappa shape index (κ2) is 3.95. The van der Waals surface area contributed by atoms with Crippen LogP contribution in [0.15, 0.2) is 0 Å². The number of aliphatic hydroxyl groups excluding tert-OH is 1. The summed E-state index contributed by atoms with van der Waals surface area (Å²) in [5, 5.41) is 9.05. The SMILES string of the molecule is CC(C)(N)C1(CCO)CCOCC1. The summed E-state index contributed by atoms with van der Waals surface area (Å²) in [5.41, 5.74) is 6.01. The predicted molar refractivity (Wildman–Crippen MR) is 52.5 cm³/mol. The molecule has 0 saturated carbocycles. The number of nitrogens with two attached hydrogens (primary N) is 1. The van der Waals surface area contributed by atoms with Gasteiger partial charge in [-0.1, -0.05) is 0 Å². The van der Waals surface area contributed by atoms with E-state index in [1.165, 1.54) is 0 Å². The van der Waals surface area contributed by atoms with Gasteiger partial charge in [-0.15, -0.1) is 0 Å². The Hall–Kier alpha value is -0.120. The highest BCUT2D eigenvalue weighted by molar-refractivity contribution is 4.97. The molecule has 0 atom stereocenters. The van der Waals surface area contributed by atoms with E-state index in [0.717, 1.165) is 32.5 Å². The molecular formula is C10H21NO2. The summed E-state index contributed by atoms with van der Waals surface area (Å²) in [6.07, 6.45) is 2.73. The fourth-order valence-electron chi connectivity index (χ4n) is 2.19. The van der Waals surface area contributed by atoms with E-state index < -0.39 is 0 Å². The van der Waals surface area contributed by atoms with Crippen molar-refractivity contribution in [2.24, 2.45) is 11.1 Å². The van der Waals surface area contributed by atoms with Crippen LogP contribution in [0, 0.1) is 5.41 Å². The summed E-state index contributed by atoms with van der Waals surface area (Å²) in [6.45, 7) is 5.88. The standard InChI is InChI=1S/C10H21NO2/c1-9(2,11)10(3-6-12)4-7-13-8-5-10/h12H,3-8,11H2,1-2H3. The molecule has 0 radical (unpaired) electrons. The van der Waals surface area contributed by atoms with Crippen LogP contribution < -0.4 is 5.73 Å². The van der Waals surface area contributed by atoms with Crippen molar-refractivity contribution in [3.05, 3.63) is 0 Å². The van der Waals surface area contributed by atoms with Crippen LogP contribution in [0.25, 0.3) is 0 Å². The van der Waals surface area contributed by atoms with Crippen molar-refractivity contribution in [2.45, 2.75) is 38.6 Å². The van der Waals surface area contributed by atoms with Crippen molar-refractivity contribution in [3.63, 3.8) is 0 Å². The Bertz CT molecular complexity index is 151. The average Bonchev–Trinajstić information content (AvgIpc) is 2.04. The van der Waals surface area contributed by atoms with Gasteiger partial charge in [-0.05, 0) is 38.5 Å². The Morgan fingerprint density at radius 1 is 1.38 bits per heavy atom. The Balaban J connectivity index is 2.73. The smallest absolute Gasteiger partial charge is 0.0472 e. The Labute approximate surface area is 80.3 Å². The third-order valence-corrected chi connectivity index (χ3v) is 3.41. The molecule has 1 fully saturated rings. The summed E-state index contributed by atoms with van der Waals surface area (Å²) in [4.78, 5) is 0. The van der Waals surface area contributed by atoms with Gasteiger partial charge in [-0.3, -0.25) is 0 Å². The molecule has 0 aromatic rings. The van der Waals surface area contributed by atoms with Crippen molar-refractivity contribution in [3.8, 4) is 0 Å². The van der Waals surface area contributed by atoms with Crippen LogP contribution in [0.4, 0.5) is 0 Å². The van der Waals surface area contributed by atoms with Crippen molar-refractivity contribution in [1.29, 1.82) is 0 Å². The van der Waals surface area contributed by atoms with Gasteiger partial charge in [0.05, 0.1) is 0 Å². The van der Waals surface area contributed by atoms with Crippen molar-refractivity contribution in [1.82, 2.24) is 0 Å².